The number of hydrogen-bond donors (Lipinski definition) is 1. The van der Waals surface area contributed by atoms with E-state index in [2.05, 4.69) is 21.2 Å². The number of nitrogens with one attached hydrogen (secondary N) is 1. The molecule has 3 amide bonds. The number of nitrogens with zero attached hydrogens (tertiary/aromatic N) is 1. The van der Waals surface area contributed by atoms with Crippen molar-refractivity contribution >= 4 is 56.5 Å². The second-order valence-corrected chi connectivity index (χ2v) is 7.10. The van der Waals surface area contributed by atoms with Crippen LogP contribution < -0.4 is 5.32 Å². The second-order valence-electron chi connectivity index (χ2n) is 5.32. The van der Waals surface area contributed by atoms with Crippen molar-refractivity contribution in [2.45, 2.75) is 6.92 Å². The molecule has 25 heavy (non-hydrogen) atoms. The lowest BCUT2D eigenvalue weighted by Gasteiger charge is -2.12. The fourth-order valence-electron chi connectivity index (χ4n) is 2.15. The first-order valence-electron chi connectivity index (χ1n) is 7.29. The summed E-state index contributed by atoms with van der Waals surface area (Å²) in [4.78, 5) is 37.6. The van der Waals surface area contributed by atoms with Crippen LogP contribution in [0.25, 0.3) is 6.08 Å². The summed E-state index contributed by atoms with van der Waals surface area (Å²) in [5.74, 6) is -0.504. The first-order chi connectivity index (χ1) is 11.9. The lowest BCUT2D eigenvalue weighted by atomic mass is 10.2. The third-order valence-electron chi connectivity index (χ3n) is 3.38. The molecule has 0 aliphatic carbocycles. The highest BCUT2D eigenvalue weighted by atomic mass is 79.9. The van der Waals surface area contributed by atoms with Gasteiger partial charge in [-0.05, 0) is 58.9 Å². The van der Waals surface area contributed by atoms with Crippen LogP contribution >= 0.6 is 27.7 Å². The van der Waals surface area contributed by atoms with Gasteiger partial charge < -0.3 is 9.73 Å². The molecule has 1 saturated heterocycles. The molecule has 128 valence electrons. The molecule has 0 unspecified atom stereocenters. The molecule has 0 spiro atoms. The zero-order chi connectivity index (χ0) is 18.0. The van der Waals surface area contributed by atoms with Gasteiger partial charge in [-0.2, -0.15) is 0 Å². The SMILES string of the molecule is Cc1ccc(NC(=O)CN2C(=O)S/C(=C\c3ccc(Br)o3)C2=O)cc1. The average Bonchev–Trinajstić information content (AvgIpc) is 3.08. The van der Waals surface area contributed by atoms with Gasteiger partial charge in [0.25, 0.3) is 11.1 Å². The molecule has 1 fully saturated rings. The molecule has 2 aromatic rings. The maximum atomic E-state index is 12.3. The van der Waals surface area contributed by atoms with E-state index in [1.54, 1.807) is 24.3 Å². The maximum Gasteiger partial charge on any atom is 0.294 e. The van der Waals surface area contributed by atoms with Crippen molar-refractivity contribution in [2.75, 3.05) is 11.9 Å². The molecule has 0 bridgehead atoms. The van der Waals surface area contributed by atoms with Gasteiger partial charge >= 0.3 is 0 Å². The van der Waals surface area contributed by atoms with Crippen molar-refractivity contribution in [3.05, 3.63) is 57.3 Å². The van der Waals surface area contributed by atoms with Crippen LogP contribution in [-0.2, 0) is 9.59 Å². The third kappa shape index (κ3) is 4.21. The summed E-state index contributed by atoms with van der Waals surface area (Å²) in [6.07, 6.45) is 1.48. The summed E-state index contributed by atoms with van der Waals surface area (Å²) in [5, 5.41) is 2.18. The Morgan fingerprint density at radius 3 is 2.60 bits per heavy atom. The lowest BCUT2D eigenvalue weighted by Crippen LogP contribution is -2.36. The van der Waals surface area contributed by atoms with Gasteiger partial charge in [0, 0.05) is 11.8 Å². The van der Waals surface area contributed by atoms with E-state index in [1.165, 1.54) is 6.08 Å². The number of thioether (sulfide) groups is 1. The molecule has 6 nitrogen and oxygen atoms in total. The first-order valence-corrected chi connectivity index (χ1v) is 8.90. The van der Waals surface area contributed by atoms with Gasteiger partial charge in [-0.3, -0.25) is 19.3 Å². The van der Waals surface area contributed by atoms with Gasteiger partial charge in [-0.25, -0.2) is 0 Å². The number of carbonyl (C=O) groups is 3. The van der Waals surface area contributed by atoms with Crippen molar-refractivity contribution < 1.29 is 18.8 Å². The Balaban J connectivity index is 1.67. The number of carbonyl (C=O) groups excluding carboxylic acids is 3. The standard InChI is InChI=1S/C17H13BrN2O4S/c1-10-2-4-11(5-3-10)19-15(21)9-20-16(22)13(25-17(20)23)8-12-6-7-14(18)24-12/h2-8H,9H2,1H3,(H,19,21)/b13-8-. The van der Waals surface area contributed by atoms with Gasteiger partial charge in [-0.15, -0.1) is 0 Å². The predicted octanol–water partition coefficient (Wildman–Crippen LogP) is 4.03. The Bertz CT molecular complexity index is 873. The van der Waals surface area contributed by atoms with E-state index in [1.807, 2.05) is 19.1 Å². The smallest absolute Gasteiger partial charge is 0.294 e. The van der Waals surface area contributed by atoms with Crippen molar-refractivity contribution in [3.63, 3.8) is 0 Å². The fourth-order valence-corrected chi connectivity index (χ4v) is 3.29. The van der Waals surface area contributed by atoms with Crippen LogP contribution in [0.5, 0.6) is 0 Å². The minimum atomic E-state index is -0.512. The topological polar surface area (TPSA) is 79.6 Å². The Hall–Kier alpha value is -2.32. The van der Waals surface area contributed by atoms with Crippen LogP contribution in [-0.4, -0.2) is 28.5 Å². The van der Waals surface area contributed by atoms with Crippen LogP contribution in [0.3, 0.4) is 0 Å². The van der Waals surface area contributed by atoms with Crippen LogP contribution in [0.1, 0.15) is 11.3 Å². The quantitative estimate of drug-likeness (QED) is 0.755. The van der Waals surface area contributed by atoms with E-state index in [-0.39, 0.29) is 11.4 Å². The highest BCUT2D eigenvalue weighted by Crippen LogP contribution is 2.32. The molecule has 1 aromatic carbocycles. The van der Waals surface area contributed by atoms with Gasteiger partial charge in [0.1, 0.15) is 12.3 Å². The molecule has 2 heterocycles. The highest BCUT2D eigenvalue weighted by molar-refractivity contribution is 9.10. The number of rotatable bonds is 4. The van der Waals surface area contributed by atoms with Gasteiger partial charge in [0.2, 0.25) is 5.91 Å². The summed E-state index contributed by atoms with van der Waals surface area (Å²) in [5.41, 5.74) is 1.68. The van der Waals surface area contributed by atoms with E-state index in [0.717, 1.165) is 22.2 Å². The minimum Gasteiger partial charge on any atom is -0.450 e. The van der Waals surface area contributed by atoms with Crippen LogP contribution in [0.2, 0.25) is 0 Å². The molecular weight excluding hydrogens is 408 g/mol. The van der Waals surface area contributed by atoms with Crippen molar-refractivity contribution in [1.29, 1.82) is 0 Å². The monoisotopic (exact) mass is 420 g/mol. The maximum absolute atomic E-state index is 12.3. The number of aryl methyl sites for hydroxylation is 1. The molecular formula is C17H13BrN2O4S. The van der Waals surface area contributed by atoms with Crippen molar-refractivity contribution in [3.8, 4) is 0 Å². The molecule has 0 radical (unpaired) electrons. The average molecular weight is 421 g/mol. The Morgan fingerprint density at radius 2 is 1.96 bits per heavy atom. The normalized spacial score (nSPS) is 15.9. The summed E-state index contributed by atoms with van der Waals surface area (Å²) in [6, 6.07) is 10.6. The molecule has 1 aliphatic heterocycles. The number of anilines is 1. The molecule has 3 rings (SSSR count). The molecule has 0 atom stereocenters. The van der Waals surface area contributed by atoms with Gasteiger partial charge in [-0.1, -0.05) is 17.7 Å². The van der Waals surface area contributed by atoms with Crippen molar-refractivity contribution in [2.24, 2.45) is 0 Å². The van der Waals surface area contributed by atoms with Gasteiger partial charge in [0.15, 0.2) is 4.67 Å². The Morgan fingerprint density at radius 1 is 1.24 bits per heavy atom. The minimum absolute atomic E-state index is 0.218. The zero-order valence-electron chi connectivity index (χ0n) is 13.1. The summed E-state index contributed by atoms with van der Waals surface area (Å²) in [7, 11) is 0. The Labute approximate surface area is 156 Å². The second kappa shape index (κ2) is 7.28. The van der Waals surface area contributed by atoms with E-state index in [4.69, 9.17) is 4.42 Å². The summed E-state index contributed by atoms with van der Waals surface area (Å²) >= 11 is 3.95. The molecule has 1 N–H and O–H groups in total. The molecule has 8 heteroatoms. The zero-order valence-corrected chi connectivity index (χ0v) is 15.5. The number of imide groups is 1. The van der Waals surface area contributed by atoms with Gasteiger partial charge in [0.05, 0.1) is 4.91 Å². The molecule has 1 aliphatic rings. The predicted molar refractivity (Wildman–Crippen MR) is 98.9 cm³/mol. The van der Waals surface area contributed by atoms with Crippen LogP contribution in [0, 0.1) is 6.92 Å². The number of hydrogen-bond acceptors (Lipinski definition) is 5. The van der Waals surface area contributed by atoms with E-state index in [9.17, 15) is 14.4 Å². The van der Waals surface area contributed by atoms with Crippen molar-refractivity contribution in [1.82, 2.24) is 4.90 Å². The Kier molecular flexibility index (Phi) is 5.10. The van der Waals surface area contributed by atoms with Crippen LogP contribution in [0.4, 0.5) is 10.5 Å². The number of amides is 3. The van der Waals surface area contributed by atoms with E-state index < -0.39 is 17.1 Å². The summed E-state index contributed by atoms with van der Waals surface area (Å²) in [6.45, 7) is 1.60. The first kappa shape index (κ1) is 17.5. The lowest BCUT2D eigenvalue weighted by molar-refractivity contribution is -0.127. The molecule has 1 aromatic heterocycles. The van der Waals surface area contributed by atoms with E-state index in [0.29, 0.717) is 16.1 Å². The number of benzene rings is 1. The highest BCUT2D eigenvalue weighted by Gasteiger charge is 2.36. The fraction of sp³-hybridized carbons (Fsp3) is 0.118. The van der Waals surface area contributed by atoms with Crippen LogP contribution in [0.15, 0.2) is 50.4 Å². The molecule has 0 saturated carbocycles. The number of halogens is 1. The third-order valence-corrected chi connectivity index (χ3v) is 4.71. The number of furan rings is 1. The van der Waals surface area contributed by atoms with E-state index >= 15 is 0 Å². The summed E-state index contributed by atoms with van der Waals surface area (Å²) < 4.78 is 5.82. The largest absolute Gasteiger partial charge is 0.450 e.